The van der Waals surface area contributed by atoms with E-state index >= 15 is 0 Å². The van der Waals surface area contributed by atoms with Gasteiger partial charge in [-0.1, -0.05) is 12.1 Å². The van der Waals surface area contributed by atoms with Crippen molar-refractivity contribution in [2.75, 3.05) is 13.3 Å². The minimum atomic E-state index is -0.0212. The maximum atomic E-state index is 12.2. The lowest BCUT2D eigenvalue weighted by Crippen LogP contribution is -2.26. The number of aromatic nitrogens is 3. The number of thioether (sulfide) groups is 1. The average molecular weight is 276 g/mol. The second-order valence-electron chi connectivity index (χ2n) is 4.22. The Morgan fingerprint density at radius 1 is 1.37 bits per heavy atom. The summed E-state index contributed by atoms with van der Waals surface area (Å²) in [4.78, 5) is 17.8. The fourth-order valence-corrected chi connectivity index (χ4v) is 2.26. The molecule has 0 aliphatic rings. The Balaban J connectivity index is 2.02. The number of nitrogens with zero attached hydrogens (tertiary/aromatic N) is 3. The van der Waals surface area contributed by atoms with E-state index in [9.17, 15) is 4.79 Å². The molecule has 2 rings (SSSR count). The molecule has 5 nitrogen and oxygen atoms in total. The van der Waals surface area contributed by atoms with Crippen molar-refractivity contribution in [2.45, 2.75) is 12.3 Å². The van der Waals surface area contributed by atoms with Crippen LogP contribution in [0.1, 0.15) is 21.7 Å². The number of nitrogens with one attached hydrogen (secondary N) is 1. The Hall–Kier alpha value is -1.82. The molecule has 6 heteroatoms. The van der Waals surface area contributed by atoms with Gasteiger partial charge in [0.2, 0.25) is 0 Å². The van der Waals surface area contributed by atoms with Crippen molar-refractivity contribution < 1.29 is 4.79 Å². The molecule has 1 amide bonds. The van der Waals surface area contributed by atoms with Crippen molar-refractivity contribution >= 4 is 17.7 Å². The molecule has 1 aromatic heterocycles. The lowest BCUT2D eigenvalue weighted by Gasteiger charge is -2.15. The van der Waals surface area contributed by atoms with Crippen LogP contribution in [0.5, 0.6) is 0 Å². The van der Waals surface area contributed by atoms with E-state index in [2.05, 4.69) is 21.4 Å². The predicted octanol–water partition coefficient (Wildman–Crippen LogP) is 1.94. The first-order valence-corrected chi connectivity index (χ1v) is 7.27. The number of carbonyl (C=O) groups is 1. The zero-order valence-corrected chi connectivity index (χ0v) is 11.8. The van der Waals surface area contributed by atoms with Crippen molar-refractivity contribution in [1.29, 1.82) is 0 Å². The summed E-state index contributed by atoms with van der Waals surface area (Å²) in [5, 5.41) is 6.51. The highest BCUT2D eigenvalue weighted by Gasteiger charge is 2.12. The molecule has 0 spiro atoms. The van der Waals surface area contributed by atoms with Crippen molar-refractivity contribution in [3.8, 4) is 0 Å². The number of rotatable bonds is 5. The van der Waals surface area contributed by atoms with Gasteiger partial charge in [-0.05, 0) is 24.0 Å². The summed E-state index contributed by atoms with van der Waals surface area (Å²) in [5.41, 5.74) is 1.91. The standard InChI is InChI=1S/C13H16N4OS/c1-17(7-12-14-9-15-16-12)13(18)11-5-3-10(4-6-11)8-19-2/h3-6,9H,7-8H2,1-2H3,(H,14,15,16). The molecule has 1 heterocycles. The van der Waals surface area contributed by atoms with Gasteiger partial charge < -0.3 is 4.90 Å². The van der Waals surface area contributed by atoms with Crippen molar-refractivity contribution in [2.24, 2.45) is 0 Å². The second-order valence-corrected chi connectivity index (χ2v) is 5.09. The Morgan fingerprint density at radius 2 is 2.11 bits per heavy atom. The number of hydrogen-bond acceptors (Lipinski definition) is 4. The van der Waals surface area contributed by atoms with Crippen LogP contribution < -0.4 is 0 Å². The molecule has 0 aliphatic heterocycles. The highest BCUT2D eigenvalue weighted by molar-refractivity contribution is 7.97. The third-order valence-electron chi connectivity index (χ3n) is 2.71. The Kier molecular flexibility index (Phi) is 4.57. The summed E-state index contributed by atoms with van der Waals surface area (Å²) >= 11 is 1.76. The zero-order valence-electron chi connectivity index (χ0n) is 11.0. The molecule has 0 fully saturated rings. The van der Waals surface area contributed by atoms with Gasteiger partial charge in [0.05, 0.1) is 6.54 Å². The summed E-state index contributed by atoms with van der Waals surface area (Å²) in [6.07, 6.45) is 3.50. The maximum Gasteiger partial charge on any atom is 0.254 e. The topological polar surface area (TPSA) is 61.9 Å². The van der Waals surface area contributed by atoms with Crippen LogP contribution in [0.3, 0.4) is 0 Å². The van der Waals surface area contributed by atoms with Crippen LogP contribution in [-0.4, -0.2) is 39.3 Å². The fraction of sp³-hybridized carbons (Fsp3) is 0.308. The monoisotopic (exact) mass is 276 g/mol. The van der Waals surface area contributed by atoms with Crippen LogP contribution in [-0.2, 0) is 12.3 Å². The van der Waals surface area contributed by atoms with Gasteiger partial charge in [0.25, 0.3) is 5.91 Å². The summed E-state index contributed by atoms with van der Waals surface area (Å²) < 4.78 is 0. The summed E-state index contributed by atoms with van der Waals surface area (Å²) in [5.74, 6) is 1.62. The van der Waals surface area contributed by atoms with Gasteiger partial charge in [0.1, 0.15) is 12.2 Å². The molecule has 0 saturated heterocycles. The van der Waals surface area contributed by atoms with Crippen LogP contribution in [0.4, 0.5) is 0 Å². The van der Waals surface area contributed by atoms with Gasteiger partial charge in [-0.3, -0.25) is 9.89 Å². The number of carbonyl (C=O) groups excluding carboxylic acids is 1. The van der Waals surface area contributed by atoms with Gasteiger partial charge in [-0.15, -0.1) is 0 Å². The Labute approximate surface area is 116 Å². The molecule has 1 N–H and O–H groups in total. The minimum absolute atomic E-state index is 0.0212. The number of H-pyrrole nitrogens is 1. The van der Waals surface area contributed by atoms with Crippen LogP contribution in [0.15, 0.2) is 30.6 Å². The van der Waals surface area contributed by atoms with Gasteiger partial charge in [-0.25, -0.2) is 4.98 Å². The maximum absolute atomic E-state index is 12.2. The second kappa shape index (κ2) is 6.38. The Bertz CT molecular complexity index is 524. The lowest BCUT2D eigenvalue weighted by atomic mass is 10.1. The van der Waals surface area contributed by atoms with Crippen LogP contribution in [0, 0.1) is 0 Å². The highest BCUT2D eigenvalue weighted by Crippen LogP contribution is 2.12. The number of benzene rings is 1. The van der Waals surface area contributed by atoms with Crippen molar-refractivity contribution in [3.63, 3.8) is 0 Å². The van der Waals surface area contributed by atoms with E-state index < -0.39 is 0 Å². The van der Waals surface area contributed by atoms with Gasteiger partial charge >= 0.3 is 0 Å². The summed E-state index contributed by atoms with van der Waals surface area (Å²) in [6, 6.07) is 7.72. The SMILES string of the molecule is CSCc1ccc(C(=O)N(C)Cc2ncn[nH]2)cc1. The third-order valence-corrected chi connectivity index (χ3v) is 3.33. The minimum Gasteiger partial charge on any atom is -0.334 e. The first-order chi connectivity index (χ1) is 9.20. The van der Waals surface area contributed by atoms with E-state index in [0.29, 0.717) is 17.9 Å². The summed E-state index contributed by atoms with van der Waals surface area (Å²) in [7, 11) is 1.75. The molecular formula is C13H16N4OS. The molecule has 0 atom stereocenters. The molecule has 0 aliphatic carbocycles. The molecule has 19 heavy (non-hydrogen) atoms. The smallest absolute Gasteiger partial charge is 0.254 e. The van der Waals surface area contributed by atoms with E-state index in [1.807, 2.05) is 24.3 Å². The number of aromatic amines is 1. The van der Waals surface area contributed by atoms with Gasteiger partial charge in [0, 0.05) is 18.4 Å². The van der Waals surface area contributed by atoms with E-state index in [1.54, 1.807) is 23.7 Å². The third kappa shape index (κ3) is 3.57. The molecule has 0 radical (unpaired) electrons. The normalized spacial score (nSPS) is 10.4. The number of hydrogen-bond donors (Lipinski definition) is 1. The van der Waals surface area contributed by atoms with E-state index in [1.165, 1.54) is 11.9 Å². The molecule has 1 aromatic carbocycles. The van der Waals surface area contributed by atoms with Crippen LogP contribution in [0.2, 0.25) is 0 Å². The average Bonchev–Trinajstić information content (AvgIpc) is 2.92. The van der Waals surface area contributed by atoms with Crippen molar-refractivity contribution in [3.05, 3.63) is 47.5 Å². The molecular weight excluding hydrogens is 260 g/mol. The van der Waals surface area contributed by atoms with E-state index in [4.69, 9.17) is 0 Å². The molecule has 2 aromatic rings. The lowest BCUT2D eigenvalue weighted by molar-refractivity contribution is 0.0781. The number of amides is 1. The Morgan fingerprint density at radius 3 is 2.68 bits per heavy atom. The molecule has 100 valence electrons. The van der Waals surface area contributed by atoms with E-state index in [0.717, 1.165) is 5.75 Å². The molecule has 0 saturated carbocycles. The molecule has 0 bridgehead atoms. The fourth-order valence-electron chi connectivity index (χ4n) is 1.73. The van der Waals surface area contributed by atoms with Gasteiger partial charge in [-0.2, -0.15) is 16.9 Å². The predicted molar refractivity (Wildman–Crippen MR) is 75.8 cm³/mol. The van der Waals surface area contributed by atoms with Crippen molar-refractivity contribution in [1.82, 2.24) is 20.1 Å². The van der Waals surface area contributed by atoms with E-state index in [-0.39, 0.29) is 5.91 Å². The van der Waals surface area contributed by atoms with Crippen LogP contribution >= 0.6 is 11.8 Å². The summed E-state index contributed by atoms with van der Waals surface area (Å²) in [6.45, 7) is 0.422. The highest BCUT2D eigenvalue weighted by atomic mass is 32.2. The first kappa shape index (κ1) is 13.6. The zero-order chi connectivity index (χ0) is 13.7. The first-order valence-electron chi connectivity index (χ1n) is 5.88. The molecule has 0 unspecified atom stereocenters. The quantitative estimate of drug-likeness (QED) is 0.906. The largest absolute Gasteiger partial charge is 0.334 e. The van der Waals surface area contributed by atoms with Gasteiger partial charge in [0.15, 0.2) is 0 Å². The van der Waals surface area contributed by atoms with Crippen LogP contribution in [0.25, 0.3) is 0 Å².